The van der Waals surface area contributed by atoms with Crippen LogP contribution < -0.4 is 9.62 Å². The Morgan fingerprint density at radius 2 is 2.00 bits per heavy atom. The third-order valence-corrected chi connectivity index (χ3v) is 5.85. The van der Waals surface area contributed by atoms with Gasteiger partial charge < -0.3 is 10.2 Å². The third-order valence-electron chi connectivity index (χ3n) is 4.30. The number of aryl methyl sites for hydroxylation is 1. The lowest BCUT2D eigenvalue weighted by atomic mass is 10.2. The van der Waals surface area contributed by atoms with Gasteiger partial charge in [0.05, 0.1) is 11.9 Å². The molecule has 0 saturated carbocycles. The normalized spacial score (nSPS) is 15.3. The second-order valence-corrected chi connectivity index (χ2v) is 8.77. The Kier molecular flexibility index (Phi) is 7.10. The molecule has 1 N–H and O–H groups in total. The molecule has 8 heteroatoms. The fourth-order valence-corrected chi connectivity index (χ4v) is 3.88. The molecule has 1 aliphatic heterocycles. The summed E-state index contributed by atoms with van der Waals surface area (Å²) in [5.41, 5.74) is 1.25. The van der Waals surface area contributed by atoms with E-state index in [1.54, 1.807) is 18.2 Å². The largest absolute Gasteiger partial charge is 0.354 e. The smallest absolute Gasteiger partial charge is 0.240 e. The molecule has 6 nitrogen and oxygen atoms in total. The quantitative estimate of drug-likeness (QED) is 0.693. The van der Waals surface area contributed by atoms with Gasteiger partial charge in [-0.05, 0) is 63.5 Å². The number of amides is 1. The van der Waals surface area contributed by atoms with Gasteiger partial charge in [-0.25, -0.2) is 8.42 Å². The number of sulfonamides is 1. The maximum Gasteiger partial charge on any atom is 0.240 e. The molecule has 0 radical (unpaired) electrons. The topological polar surface area (TPSA) is 69.7 Å². The van der Waals surface area contributed by atoms with Crippen molar-refractivity contribution in [3.8, 4) is 0 Å². The van der Waals surface area contributed by atoms with Crippen molar-refractivity contribution in [3.63, 3.8) is 0 Å². The number of likely N-dealkylation sites (tertiary alicyclic amines) is 1. The predicted octanol–water partition coefficient (Wildman–Crippen LogP) is 2.02. The number of anilines is 1. The molecule has 0 unspecified atom stereocenters. The third kappa shape index (κ3) is 6.17. The van der Waals surface area contributed by atoms with Crippen LogP contribution in [0.5, 0.6) is 0 Å². The van der Waals surface area contributed by atoms with Gasteiger partial charge in [0.2, 0.25) is 15.9 Å². The number of rotatable bonds is 8. The molecule has 0 bridgehead atoms. The molecule has 1 aliphatic rings. The Bertz CT molecular complexity index is 703. The lowest BCUT2D eigenvalue weighted by Crippen LogP contribution is -2.41. The fourth-order valence-electron chi connectivity index (χ4n) is 2.86. The Morgan fingerprint density at radius 3 is 2.60 bits per heavy atom. The first-order valence-electron chi connectivity index (χ1n) is 8.50. The summed E-state index contributed by atoms with van der Waals surface area (Å²) >= 11 is 6.08. The van der Waals surface area contributed by atoms with Gasteiger partial charge in [-0.15, -0.1) is 0 Å². The zero-order chi connectivity index (χ0) is 18.4. The van der Waals surface area contributed by atoms with E-state index >= 15 is 0 Å². The number of nitrogens with one attached hydrogen (secondary N) is 1. The first-order valence-corrected chi connectivity index (χ1v) is 10.7. The highest BCUT2D eigenvalue weighted by molar-refractivity contribution is 7.92. The molecule has 140 valence electrons. The lowest BCUT2D eigenvalue weighted by molar-refractivity contribution is -0.119. The SMILES string of the molecule is Cc1ccc(N(CC(=O)NCCCN2CCCC2)S(C)(=O)=O)cc1Cl. The molecule has 0 atom stereocenters. The van der Waals surface area contributed by atoms with Crippen LogP contribution in [-0.2, 0) is 14.8 Å². The molecule has 1 aromatic rings. The van der Waals surface area contributed by atoms with Gasteiger partial charge in [0, 0.05) is 11.6 Å². The van der Waals surface area contributed by atoms with Crippen LogP contribution in [0.3, 0.4) is 0 Å². The van der Waals surface area contributed by atoms with Crippen LogP contribution >= 0.6 is 11.6 Å². The summed E-state index contributed by atoms with van der Waals surface area (Å²) in [4.78, 5) is 14.5. The van der Waals surface area contributed by atoms with E-state index in [0.717, 1.165) is 42.2 Å². The summed E-state index contributed by atoms with van der Waals surface area (Å²) in [7, 11) is -3.58. The highest BCUT2D eigenvalue weighted by atomic mass is 35.5. The maximum atomic E-state index is 12.2. The van der Waals surface area contributed by atoms with Crippen LogP contribution in [0.2, 0.25) is 5.02 Å². The van der Waals surface area contributed by atoms with Crippen molar-refractivity contribution in [1.82, 2.24) is 10.2 Å². The molecule has 1 amide bonds. The molecule has 1 saturated heterocycles. The van der Waals surface area contributed by atoms with Crippen molar-refractivity contribution in [3.05, 3.63) is 28.8 Å². The molecular formula is C17H26ClN3O3S. The number of nitrogens with zero attached hydrogens (tertiary/aromatic N) is 2. The summed E-state index contributed by atoms with van der Waals surface area (Å²) in [6.07, 6.45) is 4.44. The van der Waals surface area contributed by atoms with Crippen molar-refractivity contribution < 1.29 is 13.2 Å². The summed E-state index contributed by atoms with van der Waals surface area (Å²) in [5, 5.41) is 3.27. The van der Waals surface area contributed by atoms with Gasteiger partial charge in [-0.2, -0.15) is 0 Å². The Labute approximate surface area is 155 Å². The number of hydrogen-bond acceptors (Lipinski definition) is 4. The lowest BCUT2D eigenvalue weighted by Gasteiger charge is -2.22. The number of benzene rings is 1. The number of carbonyl (C=O) groups is 1. The number of carbonyl (C=O) groups excluding carboxylic acids is 1. The average Bonchev–Trinajstić information content (AvgIpc) is 3.04. The minimum atomic E-state index is -3.58. The molecule has 0 aliphatic carbocycles. The van der Waals surface area contributed by atoms with Gasteiger partial charge in [0.15, 0.2) is 0 Å². The predicted molar refractivity (Wildman–Crippen MR) is 102 cm³/mol. The van der Waals surface area contributed by atoms with Crippen molar-refractivity contribution in [2.45, 2.75) is 26.2 Å². The maximum absolute atomic E-state index is 12.2. The van der Waals surface area contributed by atoms with Crippen molar-refractivity contribution in [2.75, 3.05) is 43.3 Å². The molecule has 0 aromatic heterocycles. The zero-order valence-electron chi connectivity index (χ0n) is 14.8. The summed E-state index contributed by atoms with van der Waals surface area (Å²) < 4.78 is 25.2. The molecule has 0 spiro atoms. The van der Waals surface area contributed by atoms with Gasteiger partial charge in [-0.1, -0.05) is 17.7 Å². The Hall–Kier alpha value is -1.31. The monoisotopic (exact) mass is 387 g/mol. The Balaban J connectivity index is 1.90. The van der Waals surface area contributed by atoms with Gasteiger partial charge in [0.1, 0.15) is 6.54 Å². The Morgan fingerprint density at radius 1 is 1.32 bits per heavy atom. The van der Waals surface area contributed by atoms with Crippen LogP contribution in [0.15, 0.2) is 18.2 Å². The van der Waals surface area contributed by atoms with E-state index in [9.17, 15) is 13.2 Å². The number of hydrogen-bond donors (Lipinski definition) is 1. The van der Waals surface area contributed by atoms with E-state index in [0.29, 0.717) is 17.3 Å². The van der Waals surface area contributed by atoms with Crippen LogP contribution in [0, 0.1) is 6.92 Å². The van der Waals surface area contributed by atoms with Gasteiger partial charge in [-0.3, -0.25) is 9.10 Å². The van der Waals surface area contributed by atoms with E-state index in [1.165, 1.54) is 12.8 Å². The molecule has 25 heavy (non-hydrogen) atoms. The van der Waals surface area contributed by atoms with E-state index < -0.39 is 10.0 Å². The van der Waals surface area contributed by atoms with E-state index in [2.05, 4.69) is 10.2 Å². The molecule has 1 heterocycles. The summed E-state index contributed by atoms with van der Waals surface area (Å²) in [6.45, 7) is 5.35. The summed E-state index contributed by atoms with van der Waals surface area (Å²) in [6, 6.07) is 4.96. The highest BCUT2D eigenvalue weighted by Gasteiger charge is 2.21. The van der Waals surface area contributed by atoms with Crippen LogP contribution in [0.4, 0.5) is 5.69 Å². The standard InChI is InChI=1S/C17H26ClN3O3S/c1-14-6-7-15(12-16(14)18)21(25(2,23)24)13-17(22)19-8-5-11-20-9-3-4-10-20/h6-7,12H,3-5,8-11,13H2,1-2H3,(H,19,22). The van der Waals surface area contributed by atoms with Crippen molar-refractivity contribution >= 4 is 33.2 Å². The molecule has 1 aromatic carbocycles. The number of halogens is 1. The fraction of sp³-hybridized carbons (Fsp3) is 0.588. The minimum absolute atomic E-state index is 0.248. The highest BCUT2D eigenvalue weighted by Crippen LogP contribution is 2.24. The van der Waals surface area contributed by atoms with Crippen LogP contribution in [0.1, 0.15) is 24.8 Å². The molecule has 2 rings (SSSR count). The van der Waals surface area contributed by atoms with Crippen molar-refractivity contribution in [1.29, 1.82) is 0 Å². The van der Waals surface area contributed by atoms with Crippen molar-refractivity contribution in [2.24, 2.45) is 0 Å². The van der Waals surface area contributed by atoms with Crippen LogP contribution in [-0.4, -0.2) is 58.2 Å². The summed E-state index contributed by atoms with van der Waals surface area (Å²) in [5.74, 6) is -0.316. The molecular weight excluding hydrogens is 362 g/mol. The first kappa shape index (κ1) is 20.0. The zero-order valence-corrected chi connectivity index (χ0v) is 16.4. The van der Waals surface area contributed by atoms with E-state index in [4.69, 9.17) is 11.6 Å². The van der Waals surface area contributed by atoms with Gasteiger partial charge in [0.25, 0.3) is 0 Å². The second-order valence-electron chi connectivity index (χ2n) is 6.46. The average molecular weight is 388 g/mol. The van der Waals surface area contributed by atoms with Crippen LogP contribution in [0.25, 0.3) is 0 Å². The van der Waals surface area contributed by atoms with E-state index in [1.807, 2.05) is 6.92 Å². The minimum Gasteiger partial charge on any atom is -0.354 e. The van der Waals surface area contributed by atoms with Gasteiger partial charge >= 0.3 is 0 Å². The molecule has 1 fully saturated rings. The van der Waals surface area contributed by atoms with E-state index in [-0.39, 0.29) is 12.5 Å². The first-order chi connectivity index (χ1) is 11.8. The second kappa shape index (κ2) is 8.87.